The van der Waals surface area contributed by atoms with Gasteiger partial charge in [-0.15, -0.1) is 17.8 Å². The van der Waals surface area contributed by atoms with Gasteiger partial charge in [-0.25, -0.2) is 13.4 Å². The van der Waals surface area contributed by atoms with Gasteiger partial charge in [0.1, 0.15) is 0 Å². The van der Waals surface area contributed by atoms with Crippen LogP contribution >= 0.6 is 11.3 Å². The van der Waals surface area contributed by atoms with Gasteiger partial charge in [-0.1, -0.05) is 12.0 Å². The van der Waals surface area contributed by atoms with Crippen molar-refractivity contribution < 1.29 is 8.42 Å². The van der Waals surface area contributed by atoms with Crippen LogP contribution in [0.2, 0.25) is 0 Å². The molecule has 0 radical (unpaired) electrons. The molecule has 112 valence electrons. The molecule has 0 amide bonds. The molecule has 7 heteroatoms. The van der Waals surface area contributed by atoms with Gasteiger partial charge in [-0.05, 0) is 25.5 Å². The Hall–Kier alpha value is -2.30. The molecule has 0 saturated carbocycles. The number of sulfonamides is 1. The highest BCUT2D eigenvalue weighted by molar-refractivity contribution is 7.94. The summed E-state index contributed by atoms with van der Waals surface area (Å²) < 4.78 is 27.6. The number of rotatable bonds is 3. The molecule has 2 N–H and O–H groups in total. The van der Waals surface area contributed by atoms with Gasteiger partial charge in [0.15, 0.2) is 4.21 Å². The number of aryl methyl sites for hydroxylation is 2. The van der Waals surface area contributed by atoms with Crippen LogP contribution in [0.25, 0.3) is 10.9 Å². The summed E-state index contributed by atoms with van der Waals surface area (Å²) in [6.45, 7) is 3.69. The predicted octanol–water partition coefficient (Wildman–Crippen LogP) is 3.02. The summed E-state index contributed by atoms with van der Waals surface area (Å²) >= 11 is 1.13. The van der Waals surface area contributed by atoms with Gasteiger partial charge in [0, 0.05) is 17.1 Å². The molecular formula is C15H13N3O2S2. The monoisotopic (exact) mass is 331 g/mol. The standard InChI is InChI=1S/C15H13N3O2S2/c1-4-11-7-17-15-12(6-5-9(2)14(11)15)18-22(19,20)13-8-16-10(3)21-13/h1,5-8,17-18H,2-3H3. The highest BCUT2D eigenvalue weighted by atomic mass is 32.2. The third-order valence-electron chi connectivity index (χ3n) is 3.31. The van der Waals surface area contributed by atoms with Crippen molar-refractivity contribution in [3.63, 3.8) is 0 Å². The predicted molar refractivity (Wildman–Crippen MR) is 88.6 cm³/mol. The summed E-state index contributed by atoms with van der Waals surface area (Å²) in [6, 6.07) is 3.56. The van der Waals surface area contributed by atoms with Crippen LogP contribution in [0.4, 0.5) is 5.69 Å². The fourth-order valence-electron chi connectivity index (χ4n) is 2.28. The zero-order valence-electron chi connectivity index (χ0n) is 12.0. The van der Waals surface area contributed by atoms with Crippen molar-refractivity contribution in [2.75, 3.05) is 4.72 Å². The smallest absolute Gasteiger partial charge is 0.273 e. The van der Waals surface area contributed by atoms with E-state index in [1.165, 1.54) is 6.20 Å². The Labute approximate surface area is 132 Å². The lowest BCUT2D eigenvalue weighted by Crippen LogP contribution is -2.11. The number of aromatic amines is 1. The molecule has 0 aliphatic rings. The molecule has 0 saturated heterocycles. The number of fused-ring (bicyclic) bond motifs is 1. The maximum atomic E-state index is 12.4. The van der Waals surface area contributed by atoms with Crippen LogP contribution in [-0.2, 0) is 10.0 Å². The highest BCUT2D eigenvalue weighted by Gasteiger charge is 2.19. The largest absolute Gasteiger partial charge is 0.358 e. The third-order valence-corrected chi connectivity index (χ3v) is 6.05. The van der Waals surface area contributed by atoms with Crippen LogP contribution in [-0.4, -0.2) is 18.4 Å². The molecule has 2 heterocycles. The second-order valence-corrected chi connectivity index (χ2v) is 7.97. The summed E-state index contributed by atoms with van der Waals surface area (Å²) in [4.78, 5) is 7.03. The van der Waals surface area contributed by atoms with Gasteiger partial charge in [0.05, 0.1) is 22.4 Å². The number of terminal acetylenes is 1. The average molecular weight is 331 g/mol. The molecule has 0 aliphatic carbocycles. The van der Waals surface area contributed by atoms with Gasteiger partial charge in [0.25, 0.3) is 10.0 Å². The Balaban J connectivity index is 2.11. The lowest BCUT2D eigenvalue weighted by atomic mass is 10.1. The fourth-order valence-corrected chi connectivity index (χ4v) is 4.46. The van der Waals surface area contributed by atoms with E-state index in [1.54, 1.807) is 19.2 Å². The van der Waals surface area contributed by atoms with Crippen molar-refractivity contribution in [1.82, 2.24) is 9.97 Å². The second-order valence-electron chi connectivity index (χ2n) is 4.83. The molecule has 5 nitrogen and oxygen atoms in total. The van der Waals surface area contributed by atoms with Crippen molar-refractivity contribution in [2.45, 2.75) is 18.1 Å². The van der Waals surface area contributed by atoms with Gasteiger partial charge in [-0.2, -0.15) is 0 Å². The SMILES string of the molecule is C#Cc1c[nH]c2c(NS(=O)(=O)c3cnc(C)s3)ccc(C)c12. The van der Waals surface area contributed by atoms with Crippen LogP contribution < -0.4 is 4.72 Å². The first-order valence-corrected chi connectivity index (χ1v) is 8.75. The van der Waals surface area contributed by atoms with Gasteiger partial charge in [-0.3, -0.25) is 4.72 Å². The summed E-state index contributed by atoms with van der Waals surface area (Å²) in [5.74, 6) is 2.60. The van der Waals surface area contributed by atoms with Crippen LogP contribution in [0.1, 0.15) is 16.1 Å². The number of hydrogen-bond donors (Lipinski definition) is 2. The lowest BCUT2D eigenvalue weighted by Gasteiger charge is -2.08. The lowest BCUT2D eigenvalue weighted by molar-refractivity contribution is 0.603. The molecule has 3 aromatic rings. The van der Waals surface area contributed by atoms with E-state index in [9.17, 15) is 8.42 Å². The Morgan fingerprint density at radius 1 is 1.36 bits per heavy atom. The molecule has 0 unspecified atom stereocenters. The summed E-state index contributed by atoms with van der Waals surface area (Å²) in [6.07, 6.45) is 8.54. The second kappa shape index (κ2) is 5.16. The normalized spacial score (nSPS) is 11.5. The maximum Gasteiger partial charge on any atom is 0.273 e. The topological polar surface area (TPSA) is 74.8 Å². The highest BCUT2D eigenvalue weighted by Crippen LogP contribution is 2.30. The van der Waals surface area contributed by atoms with Gasteiger partial charge in [0.2, 0.25) is 0 Å². The number of anilines is 1. The minimum absolute atomic E-state index is 0.183. The minimum Gasteiger partial charge on any atom is -0.358 e. The van der Waals surface area contributed by atoms with E-state index in [4.69, 9.17) is 6.42 Å². The number of nitrogens with zero attached hydrogens (tertiary/aromatic N) is 1. The number of hydrogen-bond acceptors (Lipinski definition) is 4. The molecule has 0 atom stereocenters. The van der Waals surface area contributed by atoms with E-state index < -0.39 is 10.0 Å². The van der Waals surface area contributed by atoms with Crippen LogP contribution in [0, 0.1) is 26.2 Å². The fraction of sp³-hybridized carbons (Fsp3) is 0.133. The average Bonchev–Trinajstić information content (AvgIpc) is 3.08. The molecule has 1 aromatic carbocycles. The zero-order valence-corrected chi connectivity index (χ0v) is 13.6. The van der Waals surface area contributed by atoms with Crippen molar-refractivity contribution >= 4 is 38.0 Å². The molecular weight excluding hydrogens is 318 g/mol. The van der Waals surface area contributed by atoms with Crippen LogP contribution in [0.5, 0.6) is 0 Å². The maximum absolute atomic E-state index is 12.4. The van der Waals surface area contributed by atoms with Crippen molar-refractivity contribution in [3.8, 4) is 12.3 Å². The first-order valence-electron chi connectivity index (χ1n) is 6.45. The minimum atomic E-state index is -3.66. The quantitative estimate of drug-likeness (QED) is 0.724. The molecule has 0 aliphatic heterocycles. The van der Waals surface area contributed by atoms with Crippen molar-refractivity contribution in [2.24, 2.45) is 0 Å². The Kier molecular flexibility index (Phi) is 3.43. The molecule has 0 spiro atoms. The zero-order chi connectivity index (χ0) is 15.9. The van der Waals surface area contributed by atoms with Crippen LogP contribution in [0.15, 0.2) is 28.7 Å². The Morgan fingerprint density at radius 2 is 2.14 bits per heavy atom. The van der Waals surface area contributed by atoms with E-state index in [1.807, 2.05) is 13.0 Å². The van der Waals surface area contributed by atoms with Crippen molar-refractivity contribution in [3.05, 3.63) is 40.7 Å². The first kappa shape index (κ1) is 14.6. The van der Waals surface area contributed by atoms with Crippen LogP contribution in [0.3, 0.4) is 0 Å². The molecule has 0 fully saturated rings. The van der Waals surface area contributed by atoms with E-state index >= 15 is 0 Å². The number of benzene rings is 1. The van der Waals surface area contributed by atoms with Crippen molar-refractivity contribution in [1.29, 1.82) is 0 Å². The Morgan fingerprint density at radius 3 is 2.77 bits per heavy atom. The number of nitrogens with one attached hydrogen (secondary N) is 2. The Bertz CT molecular complexity index is 1010. The molecule has 2 aromatic heterocycles. The number of H-pyrrole nitrogens is 1. The van der Waals surface area contributed by atoms with Gasteiger partial charge < -0.3 is 4.98 Å². The molecule has 22 heavy (non-hydrogen) atoms. The number of thiazole rings is 1. The first-order chi connectivity index (χ1) is 10.4. The van der Waals surface area contributed by atoms with E-state index in [0.717, 1.165) is 22.3 Å². The summed E-state index contributed by atoms with van der Waals surface area (Å²) in [7, 11) is -3.66. The summed E-state index contributed by atoms with van der Waals surface area (Å²) in [5, 5.41) is 1.55. The van der Waals surface area contributed by atoms with Gasteiger partial charge >= 0.3 is 0 Å². The van der Waals surface area contributed by atoms with E-state index in [0.29, 0.717) is 21.8 Å². The van der Waals surface area contributed by atoms with E-state index in [2.05, 4.69) is 20.6 Å². The number of aromatic nitrogens is 2. The molecule has 3 rings (SSSR count). The third kappa shape index (κ3) is 2.36. The summed E-state index contributed by atoms with van der Waals surface area (Å²) in [5.41, 5.74) is 2.84. The molecule has 0 bridgehead atoms. The van der Waals surface area contributed by atoms with E-state index in [-0.39, 0.29) is 4.21 Å².